The average Bonchev–Trinajstić information content (AvgIpc) is 2.07. The molecule has 0 bridgehead atoms. The second kappa shape index (κ2) is 5.49. The molecular weight excluding hydrogens is 142 g/mol. The predicted molar refractivity (Wildman–Crippen MR) is 44.0 cm³/mol. The Morgan fingerprint density at radius 3 is 2.82 bits per heavy atom. The predicted octanol–water partition coefficient (Wildman–Crippen LogP) is -0.563. The fourth-order valence-corrected chi connectivity index (χ4v) is 1.19. The number of piperidine rings is 1. The van der Waals surface area contributed by atoms with Crippen LogP contribution >= 0.6 is 0 Å². The fraction of sp³-hybridized carbons (Fsp3) is 1.00. The minimum Gasteiger partial charge on any atom is -0.362 e. The van der Waals surface area contributed by atoms with E-state index in [4.69, 9.17) is 4.74 Å². The van der Waals surface area contributed by atoms with E-state index in [9.17, 15) is 0 Å². The van der Waals surface area contributed by atoms with Gasteiger partial charge >= 0.3 is 0 Å². The number of hydrazine groups is 1. The second-order valence-electron chi connectivity index (χ2n) is 2.69. The van der Waals surface area contributed by atoms with E-state index in [0.29, 0.717) is 12.8 Å². The Balaban J connectivity index is 1.96. The summed E-state index contributed by atoms with van der Waals surface area (Å²) >= 11 is 0. The molecule has 0 amide bonds. The van der Waals surface area contributed by atoms with Crippen LogP contribution < -0.4 is 16.2 Å². The third-order valence-electron chi connectivity index (χ3n) is 1.85. The average molecular weight is 159 g/mol. The summed E-state index contributed by atoms with van der Waals surface area (Å²) in [5.41, 5.74) is 5.72. The lowest BCUT2D eigenvalue weighted by Crippen LogP contribution is -2.37. The van der Waals surface area contributed by atoms with Crippen molar-refractivity contribution >= 4 is 0 Å². The summed E-state index contributed by atoms with van der Waals surface area (Å²) in [6.45, 7) is 2.77. The highest BCUT2D eigenvalue weighted by Gasteiger charge is 2.11. The van der Waals surface area contributed by atoms with E-state index in [1.807, 2.05) is 7.05 Å². The van der Waals surface area contributed by atoms with E-state index in [-0.39, 0.29) is 0 Å². The van der Waals surface area contributed by atoms with Crippen molar-refractivity contribution in [1.82, 2.24) is 16.2 Å². The van der Waals surface area contributed by atoms with Crippen molar-refractivity contribution in [3.63, 3.8) is 0 Å². The molecule has 0 saturated carbocycles. The summed E-state index contributed by atoms with van der Waals surface area (Å²) in [5, 5.41) is 3.29. The van der Waals surface area contributed by atoms with Gasteiger partial charge in [0.2, 0.25) is 0 Å². The van der Waals surface area contributed by atoms with E-state index in [1.54, 1.807) is 0 Å². The normalized spacial score (nSPS) is 20.5. The van der Waals surface area contributed by atoms with Crippen LogP contribution in [0.5, 0.6) is 0 Å². The molecular formula is C7H17N3O. The van der Waals surface area contributed by atoms with Crippen molar-refractivity contribution in [2.24, 2.45) is 0 Å². The zero-order valence-corrected chi connectivity index (χ0v) is 7.02. The highest BCUT2D eigenvalue weighted by molar-refractivity contribution is 4.67. The van der Waals surface area contributed by atoms with E-state index in [1.165, 1.54) is 0 Å². The van der Waals surface area contributed by atoms with E-state index < -0.39 is 0 Å². The monoisotopic (exact) mass is 159 g/mol. The maximum Gasteiger partial charge on any atom is 0.109 e. The summed E-state index contributed by atoms with van der Waals surface area (Å²) in [5.74, 6) is 0. The zero-order valence-electron chi connectivity index (χ0n) is 7.02. The largest absolute Gasteiger partial charge is 0.362 e. The molecule has 0 unspecified atom stereocenters. The molecule has 3 N–H and O–H groups in total. The van der Waals surface area contributed by atoms with Crippen LogP contribution in [0.25, 0.3) is 0 Å². The molecule has 4 heteroatoms. The molecule has 1 aliphatic rings. The van der Waals surface area contributed by atoms with Crippen molar-refractivity contribution in [2.75, 3.05) is 26.9 Å². The number of ether oxygens (including phenoxy) is 1. The Hall–Kier alpha value is -0.160. The molecule has 1 heterocycles. The Labute approximate surface area is 67.7 Å². The van der Waals surface area contributed by atoms with Gasteiger partial charge in [-0.05, 0) is 33.0 Å². The molecule has 11 heavy (non-hydrogen) atoms. The Morgan fingerprint density at radius 2 is 2.18 bits per heavy atom. The Bertz CT molecular complexity index is 93.7. The third kappa shape index (κ3) is 3.67. The molecule has 0 radical (unpaired) electrons. The standard InChI is InChI=1S/C7H17N3O/c1-8-10-6-11-7-2-4-9-5-3-7/h7-10H,2-6H2,1H3. The first kappa shape index (κ1) is 8.93. The van der Waals surface area contributed by atoms with Crippen LogP contribution in [0.4, 0.5) is 0 Å². The maximum absolute atomic E-state index is 5.51. The quantitative estimate of drug-likeness (QED) is 0.292. The van der Waals surface area contributed by atoms with Gasteiger partial charge in [0, 0.05) is 0 Å². The van der Waals surface area contributed by atoms with E-state index in [0.717, 1.165) is 25.9 Å². The highest BCUT2D eigenvalue weighted by atomic mass is 16.5. The van der Waals surface area contributed by atoms with E-state index in [2.05, 4.69) is 16.2 Å². The van der Waals surface area contributed by atoms with Crippen LogP contribution in [0.3, 0.4) is 0 Å². The van der Waals surface area contributed by atoms with Crippen LogP contribution in [-0.4, -0.2) is 33.0 Å². The third-order valence-corrected chi connectivity index (χ3v) is 1.85. The summed E-state index contributed by atoms with van der Waals surface area (Å²) in [4.78, 5) is 0. The van der Waals surface area contributed by atoms with E-state index >= 15 is 0 Å². The molecule has 0 aliphatic carbocycles. The van der Waals surface area contributed by atoms with Gasteiger partial charge in [-0.15, -0.1) is 0 Å². The van der Waals surface area contributed by atoms with Gasteiger partial charge in [-0.1, -0.05) is 0 Å². The van der Waals surface area contributed by atoms with Crippen molar-refractivity contribution in [1.29, 1.82) is 0 Å². The molecule has 0 aromatic carbocycles. The summed E-state index contributed by atoms with van der Waals surface area (Å²) in [6.07, 6.45) is 2.70. The van der Waals surface area contributed by atoms with Gasteiger partial charge in [0.1, 0.15) is 6.73 Å². The van der Waals surface area contributed by atoms with Gasteiger partial charge in [0.25, 0.3) is 0 Å². The molecule has 0 atom stereocenters. The van der Waals surface area contributed by atoms with Crippen LogP contribution in [0, 0.1) is 0 Å². The number of hydrogen-bond donors (Lipinski definition) is 3. The smallest absolute Gasteiger partial charge is 0.109 e. The second-order valence-corrected chi connectivity index (χ2v) is 2.69. The number of nitrogens with one attached hydrogen (secondary N) is 3. The van der Waals surface area contributed by atoms with Crippen molar-refractivity contribution < 1.29 is 4.74 Å². The first-order valence-corrected chi connectivity index (χ1v) is 4.15. The van der Waals surface area contributed by atoms with Gasteiger partial charge < -0.3 is 10.1 Å². The lowest BCUT2D eigenvalue weighted by Gasteiger charge is -2.22. The summed E-state index contributed by atoms with van der Waals surface area (Å²) in [7, 11) is 1.84. The van der Waals surface area contributed by atoms with Crippen LogP contribution in [-0.2, 0) is 4.74 Å². The molecule has 0 aromatic rings. The molecule has 4 nitrogen and oxygen atoms in total. The minimum atomic E-state index is 0.442. The number of rotatable bonds is 4. The first-order valence-electron chi connectivity index (χ1n) is 4.15. The number of hydrogen-bond acceptors (Lipinski definition) is 4. The van der Waals surface area contributed by atoms with Gasteiger partial charge in [-0.2, -0.15) is 0 Å². The van der Waals surface area contributed by atoms with Crippen LogP contribution in [0.1, 0.15) is 12.8 Å². The Kier molecular flexibility index (Phi) is 4.45. The van der Waals surface area contributed by atoms with Crippen molar-refractivity contribution in [3.05, 3.63) is 0 Å². The summed E-state index contributed by atoms with van der Waals surface area (Å²) in [6, 6.07) is 0. The molecule has 0 spiro atoms. The van der Waals surface area contributed by atoms with Crippen LogP contribution in [0.15, 0.2) is 0 Å². The maximum atomic E-state index is 5.51. The zero-order chi connectivity index (χ0) is 7.94. The lowest BCUT2D eigenvalue weighted by atomic mass is 10.1. The van der Waals surface area contributed by atoms with Crippen molar-refractivity contribution in [3.8, 4) is 0 Å². The molecule has 1 rings (SSSR count). The van der Waals surface area contributed by atoms with Crippen molar-refractivity contribution in [2.45, 2.75) is 18.9 Å². The summed E-state index contributed by atoms with van der Waals surface area (Å²) < 4.78 is 5.51. The van der Waals surface area contributed by atoms with Gasteiger partial charge in [-0.25, -0.2) is 5.43 Å². The first-order chi connectivity index (χ1) is 5.43. The molecule has 66 valence electrons. The topological polar surface area (TPSA) is 45.3 Å². The van der Waals surface area contributed by atoms with Gasteiger partial charge in [0.15, 0.2) is 0 Å². The molecule has 1 fully saturated rings. The van der Waals surface area contributed by atoms with Gasteiger partial charge in [-0.3, -0.25) is 5.43 Å². The SMILES string of the molecule is CNNCOC1CCNCC1. The lowest BCUT2D eigenvalue weighted by molar-refractivity contribution is 0.0173. The Morgan fingerprint density at radius 1 is 1.45 bits per heavy atom. The molecule has 1 saturated heterocycles. The van der Waals surface area contributed by atoms with Crippen LogP contribution in [0.2, 0.25) is 0 Å². The molecule has 1 aliphatic heterocycles. The minimum absolute atomic E-state index is 0.442. The fourth-order valence-electron chi connectivity index (χ4n) is 1.19. The highest BCUT2D eigenvalue weighted by Crippen LogP contribution is 2.05. The van der Waals surface area contributed by atoms with Gasteiger partial charge in [0.05, 0.1) is 6.10 Å². The molecule has 0 aromatic heterocycles.